The van der Waals surface area contributed by atoms with Crippen LogP contribution in [-0.2, 0) is 18.5 Å². The largest absolute Gasteiger partial charge is 0.433 e. The lowest BCUT2D eigenvalue weighted by Gasteiger charge is -2.09. The van der Waals surface area contributed by atoms with Crippen molar-refractivity contribution in [1.29, 1.82) is 0 Å². The molecule has 0 spiro atoms. The highest BCUT2D eigenvalue weighted by atomic mass is 32.2. The minimum absolute atomic E-state index is 0.0142. The van der Waals surface area contributed by atoms with Crippen molar-refractivity contribution in [2.45, 2.75) is 30.6 Å². The van der Waals surface area contributed by atoms with Crippen molar-refractivity contribution < 1.29 is 13.2 Å². The van der Waals surface area contributed by atoms with Gasteiger partial charge in [0.15, 0.2) is 5.16 Å². The number of alkyl halides is 3. The number of halogens is 3. The van der Waals surface area contributed by atoms with Crippen molar-refractivity contribution in [3.63, 3.8) is 0 Å². The van der Waals surface area contributed by atoms with E-state index in [0.717, 1.165) is 24.0 Å². The molecule has 0 N–H and O–H groups in total. The number of benzene rings is 1. The Balaban J connectivity index is 1.77. The van der Waals surface area contributed by atoms with Crippen molar-refractivity contribution >= 4 is 28.4 Å². The molecule has 0 bridgehead atoms. The lowest BCUT2D eigenvalue weighted by Crippen LogP contribution is -2.22. The third-order valence-electron chi connectivity index (χ3n) is 4.15. The molecule has 11 heteroatoms. The lowest BCUT2D eigenvalue weighted by molar-refractivity contribution is -0.141. The molecule has 0 atom stereocenters. The maximum atomic E-state index is 12.8. The summed E-state index contributed by atoms with van der Waals surface area (Å²) in [7, 11) is 0. The first-order valence-corrected chi connectivity index (χ1v) is 9.27. The van der Waals surface area contributed by atoms with Crippen LogP contribution in [0.25, 0.3) is 16.7 Å². The molecule has 0 saturated carbocycles. The molecule has 0 aliphatic rings. The van der Waals surface area contributed by atoms with Crippen LogP contribution in [-0.4, -0.2) is 29.1 Å². The predicted molar refractivity (Wildman–Crippen MR) is 97.0 cm³/mol. The molecule has 0 aliphatic heterocycles. The zero-order chi connectivity index (χ0) is 19.9. The van der Waals surface area contributed by atoms with E-state index in [0.29, 0.717) is 29.0 Å². The van der Waals surface area contributed by atoms with Gasteiger partial charge in [0.05, 0.1) is 16.7 Å². The Morgan fingerprint density at radius 1 is 1.14 bits per heavy atom. The Labute approximate surface area is 160 Å². The van der Waals surface area contributed by atoms with Gasteiger partial charge in [-0.2, -0.15) is 13.2 Å². The number of rotatable bonds is 4. The molecule has 3 aromatic heterocycles. The third kappa shape index (κ3) is 3.11. The topological polar surface area (TPSA) is 78.0 Å². The molecule has 0 aliphatic carbocycles. The quantitative estimate of drug-likeness (QED) is 0.383. The highest BCUT2D eigenvalue weighted by Crippen LogP contribution is 2.29. The van der Waals surface area contributed by atoms with E-state index in [2.05, 4.69) is 20.2 Å². The van der Waals surface area contributed by atoms with E-state index in [1.807, 2.05) is 6.92 Å². The summed E-state index contributed by atoms with van der Waals surface area (Å²) in [6.45, 7) is 2.24. The first-order chi connectivity index (χ1) is 13.4. The molecular weight excluding hydrogens is 393 g/mol. The molecule has 4 aromatic rings. The Morgan fingerprint density at radius 3 is 2.68 bits per heavy atom. The fourth-order valence-electron chi connectivity index (χ4n) is 2.89. The van der Waals surface area contributed by atoms with Gasteiger partial charge in [0, 0.05) is 12.7 Å². The van der Waals surface area contributed by atoms with Gasteiger partial charge in [-0.1, -0.05) is 23.9 Å². The second kappa shape index (κ2) is 6.89. The van der Waals surface area contributed by atoms with E-state index in [-0.39, 0.29) is 16.5 Å². The van der Waals surface area contributed by atoms with Crippen molar-refractivity contribution in [1.82, 2.24) is 29.1 Å². The second-order valence-electron chi connectivity index (χ2n) is 5.83. The fraction of sp³-hybridized carbons (Fsp3) is 0.235. The smallest absolute Gasteiger partial charge is 0.277 e. The van der Waals surface area contributed by atoms with Crippen LogP contribution >= 0.6 is 11.8 Å². The lowest BCUT2D eigenvalue weighted by atomic mass is 10.2. The van der Waals surface area contributed by atoms with Gasteiger partial charge in [-0.15, -0.1) is 10.2 Å². The minimum atomic E-state index is -4.53. The third-order valence-corrected chi connectivity index (χ3v) is 5.00. The summed E-state index contributed by atoms with van der Waals surface area (Å²) in [5.41, 5.74) is -0.530. The molecule has 1 aromatic carbocycles. The maximum absolute atomic E-state index is 12.8. The van der Waals surface area contributed by atoms with Gasteiger partial charge in [0.1, 0.15) is 11.5 Å². The summed E-state index contributed by atoms with van der Waals surface area (Å²) in [6, 6.07) is 7.89. The summed E-state index contributed by atoms with van der Waals surface area (Å²) < 4.78 is 41.7. The number of hydrogen-bond acceptors (Lipinski definition) is 6. The highest BCUT2D eigenvalue weighted by molar-refractivity contribution is 7.98. The molecule has 7 nitrogen and oxygen atoms in total. The molecule has 0 saturated heterocycles. The van der Waals surface area contributed by atoms with Crippen LogP contribution in [0.4, 0.5) is 13.2 Å². The van der Waals surface area contributed by atoms with E-state index < -0.39 is 11.9 Å². The molecule has 0 fully saturated rings. The molecule has 28 heavy (non-hydrogen) atoms. The number of nitrogens with zero attached hydrogens (tertiary/aromatic N) is 6. The number of para-hydroxylation sites is 1. The first kappa shape index (κ1) is 18.4. The standard InChI is InChI=1S/C17H13F3N6OS/c1-2-25-14(27)10-5-3-4-6-11(10)26-13(23-24-16(25)26)9-28-15-21-8-7-12(22-15)17(18,19)20/h3-8H,2,9H2,1H3. The van der Waals surface area contributed by atoms with Crippen LogP contribution in [0.3, 0.4) is 0 Å². The van der Waals surface area contributed by atoms with Gasteiger partial charge in [-0.25, -0.2) is 9.97 Å². The van der Waals surface area contributed by atoms with Crippen molar-refractivity contribution in [2.24, 2.45) is 0 Å². The van der Waals surface area contributed by atoms with Crippen LogP contribution in [0.2, 0.25) is 0 Å². The Hall–Kier alpha value is -2.95. The number of thioether (sulfide) groups is 1. The van der Waals surface area contributed by atoms with E-state index in [4.69, 9.17) is 0 Å². The van der Waals surface area contributed by atoms with Gasteiger partial charge in [-0.3, -0.25) is 13.8 Å². The summed E-state index contributed by atoms with van der Waals surface area (Å²) in [5, 5.41) is 8.75. The molecular formula is C17H13F3N6OS. The number of fused-ring (bicyclic) bond motifs is 3. The average Bonchev–Trinajstić information content (AvgIpc) is 3.10. The molecule has 0 radical (unpaired) electrons. The van der Waals surface area contributed by atoms with E-state index in [1.165, 1.54) is 4.57 Å². The predicted octanol–water partition coefficient (Wildman–Crippen LogP) is 3.17. The monoisotopic (exact) mass is 406 g/mol. The van der Waals surface area contributed by atoms with Gasteiger partial charge in [0.2, 0.25) is 5.78 Å². The van der Waals surface area contributed by atoms with Crippen molar-refractivity contribution in [2.75, 3.05) is 0 Å². The number of aryl methyl sites for hydroxylation is 1. The van der Waals surface area contributed by atoms with Crippen molar-refractivity contribution in [3.05, 3.63) is 58.4 Å². The van der Waals surface area contributed by atoms with Crippen LogP contribution in [0.15, 0.2) is 46.5 Å². The molecule has 4 rings (SSSR count). The van der Waals surface area contributed by atoms with E-state index in [9.17, 15) is 18.0 Å². The molecule has 0 amide bonds. The molecule has 0 unspecified atom stereocenters. The zero-order valence-corrected chi connectivity index (χ0v) is 15.3. The second-order valence-corrected chi connectivity index (χ2v) is 6.77. The first-order valence-electron chi connectivity index (χ1n) is 8.28. The summed E-state index contributed by atoms with van der Waals surface area (Å²) in [4.78, 5) is 20.1. The van der Waals surface area contributed by atoms with Crippen LogP contribution in [0.1, 0.15) is 18.4 Å². The van der Waals surface area contributed by atoms with Crippen LogP contribution in [0, 0.1) is 0 Å². The summed E-state index contributed by atoms with van der Waals surface area (Å²) >= 11 is 1.02. The van der Waals surface area contributed by atoms with E-state index >= 15 is 0 Å². The van der Waals surface area contributed by atoms with Crippen molar-refractivity contribution in [3.8, 4) is 0 Å². The van der Waals surface area contributed by atoms with Crippen LogP contribution < -0.4 is 5.56 Å². The number of aromatic nitrogens is 6. The average molecular weight is 406 g/mol. The van der Waals surface area contributed by atoms with Gasteiger partial charge >= 0.3 is 6.18 Å². The number of hydrogen-bond donors (Lipinski definition) is 0. The summed E-state index contributed by atoms with van der Waals surface area (Å²) in [6.07, 6.45) is -3.46. The zero-order valence-electron chi connectivity index (χ0n) is 14.5. The summed E-state index contributed by atoms with van der Waals surface area (Å²) in [5.74, 6) is 1.06. The highest BCUT2D eigenvalue weighted by Gasteiger charge is 2.32. The Bertz CT molecular complexity index is 1230. The molecule has 144 valence electrons. The SMILES string of the molecule is CCn1c(=O)c2ccccc2n2c(CSc3nccc(C(F)(F)F)n3)nnc12. The Kier molecular flexibility index (Phi) is 4.53. The van der Waals surface area contributed by atoms with Gasteiger partial charge in [0.25, 0.3) is 5.56 Å². The van der Waals surface area contributed by atoms with Gasteiger partial charge < -0.3 is 0 Å². The molecule has 3 heterocycles. The normalized spacial score (nSPS) is 12.1. The van der Waals surface area contributed by atoms with Crippen LogP contribution in [0.5, 0.6) is 0 Å². The van der Waals surface area contributed by atoms with E-state index in [1.54, 1.807) is 28.7 Å². The fourth-order valence-corrected chi connectivity index (χ4v) is 3.63. The minimum Gasteiger partial charge on any atom is -0.277 e. The Morgan fingerprint density at radius 2 is 1.93 bits per heavy atom. The van der Waals surface area contributed by atoms with Gasteiger partial charge in [-0.05, 0) is 25.1 Å². The maximum Gasteiger partial charge on any atom is 0.433 e.